The van der Waals surface area contributed by atoms with E-state index in [1.54, 1.807) is 48.5 Å². The summed E-state index contributed by atoms with van der Waals surface area (Å²) in [6.07, 6.45) is -0.945. The van der Waals surface area contributed by atoms with Crippen molar-refractivity contribution in [2.75, 3.05) is 18.1 Å². The minimum Gasteiger partial charge on any atom is -0.494 e. The zero-order chi connectivity index (χ0) is 20.1. The number of nitrogens with one attached hydrogen (secondary N) is 2. The van der Waals surface area contributed by atoms with E-state index in [-0.39, 0.29) is 12.5 Å². The van der Waals surface area contributed by atoms with Gasteiger partial charge in [0.1, 0.15) is 11.5 Å². The molecule has 1 aliphatic heterocycles. The molecule has 0 saturated carbocycles. The second-order valence-corrected chi connectivity index (χ2v) is 6.10. The number of carbonyl (C=O) groups is 3. The van der Waals surface area contributed by atoms with Gasteiger partial charge in [-0.1, -0.05) is 12.1 Å². The smallest absolute Gasteiger partial charge is 0.281 e. The summed E-state index contributed by atoms with van der Waals surface area (Å²) in [5, 5.41) is 0. The van der Waals surface area contributed by atoms with Gasteiger partial charge in [0.05, 0.1) is 18.8 Å². The molecule has 3 rings (SSSR count). The van der Waals surface area contributed by atoms with E-state index >= 15 is 0 Å². The van der Waals surface area contributed by atoms with Crippen LogP contribution in [0.2, 0.25) is 0 Å². The standard InChI is InChI=1S/C20H21N3O5/c1-3-27-15-10-8-14(9-11-15)19(25)21-22-20(26)18-12-23(13(2)24)16-6-4-5-7-17(16)28-18/h4-11,18H,3,12H2,1-2H3,(H,21,25)(H,22,26)/t18-/m0/s1. The lowest BCUT2D eigenvalue weighted by atomic mass is 10.2. The molecule has 2 aromatic rings. The van der Waals surface area contributed by atoms with Crippen LogP contribution in [0.25, 0.3) is 0 Å². The molecular formula is C20H21N3O5. The lowest BCUT2D eigenvalue weighted by molar-refractivity contribution is -0.129. The Balaban J connectivity index is 1.62. The number of hydrogen-bond donors (Lipinski definition) is 2. The second-order valence-electron chi connectivity index (χ2n) is 6.10. The van der Waals surface area contributed by atoms with Crippen LogP contribution in [0.4, 0.5) is 5.69 Å². The monoisotopic (exact) mass is 383 g/mol. The van der Waals surface area contributed by atoms with Crippen LogP contribution in [-0.4, -0.2) is 37.0 Å². The largest absolute Gasteiger partial charge is 0.494 e. The summed E-state index contributed by atoms with van der Waals surface area (Å²) in [6.45, 7) is 3.88. The third kappa shape index (κ3) is 4.22. The summed E-state index contributed by atoms with van der Waals surface area (Å²) in [7, 11) is 0. The maximum atomic E-state index is 12.4. The van der Waals surface area contributed by atoms with Crippen LogP contribution >= 0.6 is 0 Å². The maximum absolute atomic E-state index is 12.4. The molecule has 0 spiro atoms. The summed E-state index contributed by atoms with van der Waals surface area (Å²) in [4.78, 5) is 38.0. The van der Waals surface area contributed by atoms with Crippen LogP contribution in [0.15, 0.2) is 48.5 Å². The van der Waals surface area contributed by atoms with Gasteiger partial charge in [0.25, 0.3) is 11.8 Å². The van der Waals surface area contributed by atoms with Crippen LogP contribution in [0.5, 0.6) is 11.5 Å². The minimum absolute atomic E-state index is 0.0527. The number of nitrogens with zero attached hydrogens (tertiary/aromatic N) is 1. The van der Waals surface area contributed by atoms with Crippen molar-refractivity contribution in [1.29, 1.82) is 0 Å². The first kappa shape index (κ1) is 19.2. The predicted molar refractivity (Wildman–Crippen MR) is 102 cm³/mol. The second kappa shape index (κ2) is 8.43. The van der Waals surface area contributed by atoms with Gasteiger partial charge in [-0.3, -0.25) is 25.2 Å². The van der Waals surface area contributed by atoms with Crippen molar-refractivity contribution in [3.8, 4) is 11.5 Å². The minimum atomic E-state index is -0.945. The molecule has 8 nitrogen and oxygen atoms in total. The molecule has 0 radical (unpaired) electrons. The molecule has 0 aliphatic carbocycles. The van der Waals surface area contributed by atoms with Gasteiger partial charge in [-0.05, 0) is 43.3 Å². The Morgan fingerprint density at radius 2 is 1.82 bits per heavy atom. The van der Waals surface area contributed by atoms with Gasteiger partial charge in [-0.15, -0.1) is 0 Å². The molecule has 0 aromatic heterocycles. The maximum Gasteiger partial charge on any atom is 0.281 e. The van der Waals surface area contributed by atoms with Crippen molar-refractivity contribution in [2.24, 2.45) is 0 Å². The number of amides is 3. The molecule has 146 valence electrons. The lowest BCUT2D eigenvalue weighted by Crippen LogP contribution is -2.54. The van der Waals surface area contributed by atoms with Gasteiger partial charge >= 0.3 is 0 Å². The van der Waals surface area contributed by atoms with Crippen LogP contribution < -0.4 is 25.2 Å². The highest BCUT2D eigenvalue weighted by Gasteiger charge is 2.32. The summed E-state index contributed by atoms with van der Waals surface area (Å²) in [5.74, 6) is -0.147. The number of anilines is 1. The van der Waals surface area contributed by atoms with E-state index in [0.717, 1.165) is 0 Å². The molecule has 0 bridgehead atoms. The number of hydrazine groups is 1. The van der Waals surface area contributed by atoms with E-state index in [1.807, 2.05) is 6.92 Å². The molecule has 1 aliphatic rings. The molecule has 1 heterocycles. The quantitative estimate of drug-likeness (QED) is 0.783. The number of fused-ring (bicyclic) bond motifs is 1. The van der Waals surface area contributed by atoms with Gasteiger partial charge in [-0.25, -0.2) is 0 Å². The van der Waals surface area contributed by atoms with E-state index in [4.69, 9.17) is 9.47 Å². The molecule has 2 aromatic carbocycles. The number of rotatable bonds is 4. The normalized spacial score (nSPS) is 15.1. The Bertz CT molecular complexity index is 882. The first-order valence-electron chi connectivity index (χ1n) is 8.86. The Morgan fingerprint density at radius 3 is 2.50 bits per heavy atom. The molecule has 2 N–H and O–H groups in total. The van der Waals surface area contributed by atoms with Crippen molar-refractivity contribution in [1.82, 2.24) is 10.9 Å². The van der Waals surface area contributed by atoms with Crippen LogP contribution in [0.1, 0.15) is 24.2 Å². The summed E-state index contributed by atoms with van der Waals surface area (Å²) < 4.78 is 11.0. The Morgan fingerprint density at radius 1 is 1.11 bits per heavy atom. The van der Waals surface area contributed by atoms with Crippen LogP contribution in [0, 0.1) is 0 Å². The number of hydrogen-bond acceptors (Lipinski definition) is 5. The topological polar surface area (TPSA) is 97.0 Å². The molecule has 0 fully saturated rings. The third-order valence-corrected chi connectivity index (χ3v) is 4.17. The Kier molecular flexibility index (Phi) is 5.78. The summed E-state index contributed by atoms with van der Waals surface area (Å²) in [6, 6.07) is 13.5. The molecule has 0 saturated heterocycles. The SMILES string of the molecule is CCOc1ccc(C(=O)NNC(=O)[C@@H]2CN(C(C)=O)c3ccccc3O2)cc1. The first-order valence-corrected chi connectivity index (χ1v) is 8.86. The van der Waals surface area contributed by atoms with Gasteiger partial charge in [-0.2, -0.15) is 0 Å². The first-order chi connectivity index (χ1) is 13.5. The van der Waals surface area contributed by atoms with Crippen molar-refractivity contribution >= 4 is 23.4 Å². The molecule has 0 unspecified atom stereocenters. The number of ether oxygens (including phenoxy) is 2. The van der Waals surface area contributed by atoms with Crippen molar-refractivity contribution in [3.05, 3.63) is 54.1 Å². The van der Waals surface area contributed by atoms with Gasteiger partial charge < -0.3 is 14.4 Å². The average molecular weight is 383 g/mol. The fourth-order valence-corrected chi connectivity index (χ4v) is 2.81. The van der Waals surface area contributed by atoms with E-state index < -0.39 is 17.9 Å². The molecule has 8 heteroatoms. The van der Waals surface area contributed by atoms with Crippen molar-refractivity contribution < 1.29 is 23.9 Å². The molecular weight excluding hydrogens is 362 g/mol. The van der Waals surface area contributed by atoms with E-state index in [1.165, 1.54) is 11.8 Å². The molecule has 3 amide bonds. The van der Waals surface area contributed by atoms with Crippen LogP contribution in [-0.2, 0) is 9.59 Å². The van der Waals surface area contributed by atoms with Gasteiger partial charge in [0.15, 0.2) is 6.10 Å². The average Bonchev–Trinajstić information content (AvgIpc) is 2.71. The van der Waals surface area contributed by atoms with Gasteiger partial charge in [0, 0.05) is 12.5 Å². The highest BCUT2D eigenvalue weighted by Crippen LogP contribution is 2.33. The molecule has 28 heavy (non-hydrogen) atoms. The van der Waals surface area contributed by atoms with Crippen molar-refractivity contribution in [2.45, 2.75) is 20.0 Å². The highest BCUT2D eigenvalue weighted by molar-refractivity contribution is 5.98. The summed E-state index contributed by atoms with van der Waals surface area (Å²) >= 11 is 0. The predicted octanol–water partition coefficient (Wildman–Crippen LogP) is 1.66. The lowest BCUT2D eigenvalue weighted by Gasteiger charge is -2.33. The Hall–Kier alpha value is -3.55. The van der Waals surface area contributed by atoms with Gasteiger partial charge in [0.2, 0.25) is 5.91 Å². The Labute approximate surface area is 162 Å². The van der Waals surface area contributed by atoms with E-state index in [9.17, 15) is 14.4 Å². The zero-order valence-electron chi connectivity index (χ0n) is 15.6. The molecule has 1 atom stereocenters. The fourth-order valence-electron chi connectivity index (χ4n) is 2.81. The van der Waals surface area contributed by atoms with E-state index in [2.05, 4.69) is 10.9 Å². The third-order valence-electron chi connectivity index (χ3n) is 4.17. The number of benzene rings is 2. The fraction of sp³-hybridized carbons (Fsp3) is 0.250. The zero-order valence-corrected chi connectivity index (χ0v) is 15.6. The van der Waals surface area contributed by atoms with Crippen LogP contribution in [0.3, 0.4) is 0 Å². The number of para-hydroxylation sites is 2. The highest BCUT2D eigenvalue weighted by atomic mass is 16.5. The summed E-state index contributed by atoms with van der Waals surface area (Å²) in [5.41, 5.74) is 5.67. The van der Waals surface area contributed by atoms with E-state index in [0.29, 0.717) is 29.4 Å². The number of carbonyl (C=O) groups excluding carboxylic acids is 3. The van der Waals surface area contributed by atoms with Crippen molar-refractivity contribution in [3.63, 3.8) is 0 Å².